The minimum Gasteiger partial charge on any atom is -0.489 e. The summed E-state index contributed by atoms with van der Waals surface area (Å²) in [6, 6.07) is 22.9. The molecule has 0 aromatic heterocycles. The molecule has 34 heavy (non-hydrogen) atoms. The topological polar surface area (TPSA) is 76.7 Å². The highest BCUT2D eigenvalue weighted by molar-refractivity contribution is 6.30. The van der Waals surface area contributed by atoms with E-state index < -0.39 is 18.0 Å². The fraction of sp³-hybridized carbons (Fsp3) is 0.185. The van der Waals surface area contributed by atoms with Crippen molar-refractivity contribution in [2.24, 2.45) is 0 Å². The van der Waals surface area contributed by atoms with Gasteiger partial charge in [-0.2, -0.15) is 0 Å². The van der Waals surface area contributed by atoms with E-state index in [0.29, 0.717) is 39.8 Å². The molecule has 1 heterocycles. The van der Waals surface area contributed by atoms with Crippen LogP contribution in [0.4, 0.5) is 4.79 Å². The standard InChI is InChI=1S/C27H25ClN2O4/c1-17(2)34-26(31)23-24(19-7-4-3-5-8-19)29-27(32)30-25(23)20-9-6-10-22(15-20)33-16-18-11-13-21(28)14-12-18/h3-15,17,25H,16H2,1-2H3,(H2,29,30,32). The Hall–Kier alpha value is -3.77. The van der Waals surface area contributed by atoms with E-state index in [0.717, 1.165) is 5.56 Å². The maximum atomic E-state index is 13.2. The lowest BCUT2D eigenvalue weighted by molar-refractivity contribution is -0.143. The third kappa shape index (κ3) is 5.58. The highest BCUT2D eigenvalue weighted by Gasteiger charge is 2.35. The van der Waals surface area contributed by atoms with E-state index >= 15 is 0 Å². The quantitative estimate of drug-likeness (QED) is 0.433. The van der Waals surface area contributed by atoms with Crippen molar-refractivity contribution in [2.75, 3.05) is 0 Å². The zero-order valence-electron chi connectivity index (χ0n) is 18.9. The summed E-state index contributed by atoms with van der Waals surface area (Å²) < 4.78 is 11.5. The Morgan fingerprint density at radius 2 is 1.74 bits per heavy atom. The molecule has 2 amide bonds. The molecule has 1 aliphatic heterocycles. The average molecular weight is 477 g/mol. The van der Waals surface area contributed by atoms with Crippen LogP contribution in [0.2, 0.25) is 5.02 Å². The summed E-state index contributed by atoms with van der Waals surface area (Å²) in [6.45, 7) is 3.93. The number of halogens is 1. The molecule has 0 saturated carbocycles. The second-order valence-corrected chi connectivity index (χ2v) is 8.56. The molecule has 174 valence electrons. The van der Waals surface area contributed by atoms with Gasteiger partial charge in [0.15, 0.2) is 0 Å². The van der Waals surface area contributed by atoms with Gasteiger partial charge in [-0.05, 0) is 54.8 Å². The van der Waals surface area contributed by atoms with E-state index in [2.05, 4.69) is 10.6 Å². The Morgan fingerprint density at radius 1 is 1.00 bits per heavy atom. The normalized spacial score (nSPS) is 15.5. The van der Waals surface area contributed by atoms with Crippen molar-refractivity contribution < 1.29 is 19.1 Å². The highest BCUT2D eigenvalue weighted by Crippen LogP contribution is 2.33. The van der Waals surface area contributed by atoms with Crippen LogP contribution in [0.1, 0.15) is 36.6 Å². The number of carbonyl (C=O) groups excluding carboxylic acids is 2. The largest absolute Gasteiger partial charge is 0.489 e. The van der Waals surface area contributed by atoms with Crippen molar-refractivity contribution in [2.45, 2.75) is 32.6 Å². The van der Waals surface area contributed by atoms with Crippen molar-refractivity contribution >= 4 is 29.3 Å². The second-order valence-electron chi connectivity index (χ2n) is 8.13. The van der Waals surface area contributed by atoms with Gasteiger partial charge in [0.05, 0.1) is 23.4 Å². The van der Waals surface area contributed by atoms with Gasteiger partial charge in [-0.25, -0.2) is 9.59 Å². The molecule has 0 radical (unpaired) electrons. The van der Waals surface area contributed by atoms with Gasteiger partial charge in [0, 0.05) is 5.02 Å². The van der Waals surface area contributed by atoms with Gasteiger partial charge in [-0.3, -0.25) is 0 Å². The summed E-state index contributed by atoms with van der Waals surface area (Å²) in [5, 5.41) is 6.32. The summed E-state index contributed by atoms with van der Waals surface area (Å²) in [5.74, 6) is 0.108. The summed E-state index contributed by atoms with van der Waals surface area (Å²) in [5.41, 5.74) is 3.14. The number of nitrogens with one attached hydrogen (secondary N) is 2. The van der Waals surface area contributed by atoms with Gasteiger partial charge >= 0.3 is 12.0 Å². The average Bonchev–Trinajstić information content (AvgIpc) is 2.83. The summed E-state index contributed by atoms with van der Waals surface area (Å²) in [7, 11) is 0. The summed E-state index contributed by atoms with van der Waals surface area (Å²) in [6.07, 6.45) is -0.315. The van der Waals surface area contributed by atoms with E-state index in [4.69, 9.17) is 21.1 Å². The van der Waals surface area contributed by atoms with E-state index in [9.17, 15) is 9.59 Å². The number of hydrogen-bond acceptors (Lipinski definition) is 4. The molecule has 3 aromatic carbocycles. The predicted octanol–water partition coefficient (Wildman–Crippen LogP) is 5.64. The van der Waals surface area contributed by atoms with Gasteiger partial charge in [0.25, 0.3) is 0 Å². The molecule has 1 atom stereocenters. The number of carbonyl (C=O) groups is 2. The van der Waals surface area contributed by atoms with Crippen LogP contribution in [0.25, 0.3) is 5.70 Å². The molecule has 4 rings (SSSR count). The Balaban J connectivity index is 1.69. The van der Waals surface area contributed by atoms with Crippen LogP contribution in [-0.2, 0) is 16.1 Å². The monoisotopic (exact) mass is 476 g/mol. The molecule has 7 heteroatoms. The lowest BCUT2D eigenvalue weighted by Gasteiger charge is -2.30. The molecular weight excluding hydrogens is 452 g/mol. The van der Waals surface area contributed by atoms with Crippen molar-refractivity contribution in [1.29, 1.82) is 0 Å². The van der Waals surface area contributed by atoms with Gasteiger partial charge < -0.3 is 20.1 Å². The van der Waals surface area contributed by atoms with Crippen molar-refractivity contribution in [1.82, 2.24) is 10.6 Å². The van der Waals surface area contributed by atoms with Crippen LogP contribution in [-0.4, -0.2) is 18.1 Å². The van der Waals surface area contributed by atoms with Crippen LogP contribution < -0.4 is 15.4 Å². The SMILES string of the molecule is CC(C)OC(=O)C1=C(c2ccccc2)NC(=O)NC1c1cccc(OCc2ccc(Cl)cc2)c1. The minimum absolute atomic E-state index is 0.315. The van der Waals surface area contributed by atoms with Crippen molar-refractivity contribution in [3.8, 4) is 5.75 Å². The number of esters is 1. The first-order valence-corrected chi connectivity index (χ1v) is 11.3. The number of benzene rings is 3. The van der Waals surface area contributed by atoms with E-state index in [-0.39, 0.29) is 6.10 Å². The first-order valence-electron chi connectivity index (χ1n) is 11.0. The van der Waals surface area contributed by atoms with Gasteiger partial charge in [0.1, 0.15) is 12.4 Å². The Morgan fingerprint density at radius 3 is 2.44 bits per heavy atom. The maximum Gasteiger partial charge on any atom is 0.338 e. The first-order chi connectivity index (χ1) is 16.4. The fourth-order valence-corrected chi connectivity index (χ4v) is 3.80. The molecule has 0 fully saturated rings. The van der Waals surface area contributed by atoms with Gasteiger partial charge in [-0.15, -0.1) is 0 Å². The first kappa shape index (κ1) is 23.4. The zero-order valence-corrected chi connectivity index (χ0v) is 19.6. The maximum absolute atomic E-state index is 13.2. The number of hydrogen-bond donors (Lipinski definition) is 2. The molecule has 0 spiro atoms. The van der Waals surface area contributed by atoms with Crippen molar-refractivity contribution in [3.63, 3.8) is 0 Å². The smallest absolute Gasteiger partial charge is 0.338 e. The van der Waals surface area contributed by atoms with Crippen LogP contribution in [0.5, 0.6) is 5.75 Å². The Kier molecular flexibility index (Phi) is 7.18. The molecular formula is C27H25ClN2O4. The van der Waals surface area contributed by atoms with Crippen LogP contribution >= 0.6 is 11.6 Å². The zero-order chi connectivity index (χ0) is 24.1. The highest BCUT2D eigenvalue weighted by atomic mass is 35.5. The molecule has 1 aliphatic rings. The Bertz CT molecular complexity index is 1210. The third-order valence-electron chi connectivity index (χ3n) is 5.21. The molecule has 3 aromatic rings. The van der Waals surface area contributed by atoms with Gasteiger partial charge in [0.2, 0.25) is 0 Å². The van der Waals surface area contributed by atoms with Crippen LogP contribution in [0.3, 0.4) is 0 Å². The molecule has 0 bridgehead atoms. The van der Waals surface area contributed by atoms with Crippen LogP contribution in [0.15, 0.2) is 84.4 Å². The summed E-state index contributed by atoms with van der Waals surface area (Å²) in [4.78, 5) is 25.8. The molecule has 6 nitrogen and oxygen atoms in total. The van der Waals surface area contributed by atoms with E-state index in [1.807, 2.05) is 78.9 Å². The second kappa shape index (κ2) is 10.4. The van der Waals surface area contributed by atoms with Gasteiger partial charge in [-0.1, -0.05) is 66.2 Å². The van der Waals surface area contributed by atoms with Crippen LogP contribution in [0, 0.1) is 0 Å². The lowest BCUT2D eigenvalue weighted by atomic mass is 9.92. The lowest BCUT2D eigenvalue weighted by Crippen LogP contribution is -2.45. The fourth-order valence-electron chi connectivity index (χ4n) is 3.68. The summed E-state index contributed by atoms with van der Waals surface area (Å²) >= 11 is 5.95. The Labute approximate surface area is 203 Å². The molecule has 1 unspecified atom stereocenters. The van der Waals surface area contributed by atoms with Crippen molar-refractivity contribution in [3.05, 3.63) is 106 Å². The van der Waals surface area contributed by atoms with E-state index in [1.54, 1.807) is 13.8 Å². The molecule has 0 saturated heterocycles. The van der Waals surface area contributed by atoms with E-state index in [1.165, 1.54) is 0 Å². The number of amides is 2. The molecule has 2 N–H and O–H groups in total. The number of urea groups is 1. The molecule has 0 aliphatic carbocycles. The minimum atomic E-state index is -0.714. The number of ether oxygens (including phenoxy) is 2. The third-order valence-corrected chi connectivity index (χ3v) is 5.46. The predicted molar refractivity (Wildman–Crippen MR) is 131 cm³/mol. The number of rotatable bonds is 7.